The van der Waals surface area contributed by atoms with E-state index in [0.29, 0.717) is 29.2 Å². The van der Waals surface area contributed by atoms with E-state index in [1.54, 1.807) is 52.7 Å². The molecule has 0 atom stereocenters. The van der Waals surface area contributed by atoms with Crippen molar-refractivity contribution in [1.29, 1.82) is 0 Å². The average molecular weight is 526 g/mol. The Morgan fingerprint density at radius 2 is 1.89 bits per heavy atom. The molecule has 9 nitrogen and oxygen atoms in total. The molecule has 3 heterocycles. The molecule has 12 heteroatoms. The van der Waals surface area contributed by atoms with Gasteiger partial charge in [-0.2, -0.15) is 18.3 Å². The number of nitrogens with zero attached hydrogens (tertiary/aromatic N) is 6. The molecular formula is C26H26F3N7O2. The van der Waals surface area contributed by atoms with Gasteiger partial charge in [0, 0.05) is 31.2 Å². The highest BCUT2D eigenvalue weighted by Crippen LogP contribution is 2.36. The van der Waals surface area contributed by atoms with Gasteiger partial charge in [-0.1, -0.05) is 12.1 Å². The van der Waals surface area contributed by atoms with Gasteiger partial charge in [-0.05, 0) is 37.6 Å². The van der Waals surface area contributed by atoms with Crippen LogP contribution in [0.15, 0.2) is 48.9 Å². The number of carbonyl (C=O) groups is 2. The summed E-state index contributed by atoms with van der Waals surface area (Å²) in [4.78, 5) is 35.8. The molecule has 3 aromatic heterocycles. The predicted octanol–water partition coefficient (Wildman–Crippen LogP) is 4.06. The third kappa shape index (κ3) is 5.43. The largest absolute Gasteiger partial charge is 0.405 e. The highest BCUT2D eigenvalue weighted by atomic mass is 19.4. The second-order valence-electron chi connectivity index (χ2n) is 8.82. The Balaban J connectivity index is 1.63. The van der Waals surface area contributed by atoms with Crippen LogP contribution >= 0.6 is 0 Å². The summed E-state index contributed by atoms with van der Waals surface area (Å²) >= 11 is 0. The van der Waals surface area contributed by atoms with Gasteiger partial charge in [-0.25, -0.2) is 0 Å². The van der Waals surface area contributed by atoms with E-state index in [2.05, 4.69) is 15.1 Å². The number of fused-ring (bicyclic) bond motifs is 1. The molecule has 4 rings (SSSR count). The maximum Gasteiger partial charge on any atom is 0.405 e. The normalized spacial score (nSPS) is 11.4. The number of alkyl halides is 3. The van der Waals surface area contributed by atoms with Crippen LogP contribution in [0.5, 0.6) is 0 Å². The lowest BCUT2D eigenvalue weighted by atomic mass is 10.1. The van der Waals surface area contributed by atoms with Gasteiger partial charge in [0.15, 0.2) is 0 Å². The second-order valence-corrected chi connectivity index (χ2v) is 8.82. The summed E-state index contributed by atoms with van der Waals surface area (Å²) < 4.78 is 39.2. The standard InChI is InChI=1S/C26H26F3N7O2/c1-16-6-5-7-21(36(15-37)13-23(38)32-14-26(27,28)29)25(16)34(3)18-8-9-20(31-10-18)19-11-30-12-22-24(19)17(2)33-35(22)4/h5-12,15H,13-14H2,1-4H3,(H,32,38). The van der Waals surface area contributed by atoms with E-state index in [0.717, 1.165) is 32.6 Å². The fraction of sp³-hybridized carbons (Fsp3) is 0.269. The Labute approximate surface area is 216 Å². The van der Waals surface area contributed by atoms with Crippen LogP contribution in [0.25, 0.3) is 22.2 Å². The highest BCUT2D eigenvalue weighted by molar-refractivity contribution is 5.96. The van der Waals surface area contributed by atoms with Gasteiger partial charge in [0.25, 0.3) is 0 Å². The van der Waals surface area contributed by atoms with Crippen LogP contribution in [0, 0.1) is 13.8 Å². The van der Waals surface area contributed by atoms with Crippen LogP contribution in [0.4, 0.5) is 30.2 Å². The molecule has 0 fully saturated rings. The lowest BCUT2D eigenvalue weighted by molar-refractivity contribution is -0.137. The maximum atomic E-state index is 12.5. The van der Waals surface area contributed by atoms with Crippen LogP contribution in [0.2, 0.25) is 0 Å². The smallest absolute Gasteiger partial charge is 0.345 e. The first-order chi connectivity index (χ1) is 18.0. The van der Waals surface area contributed by atoms with E-state index in [1.165, 1.54) is 0 Å². The predicted molar refractivity (Wildman–Crippen MR) is 138 cm³/mol. The zero-order chi connectivity index (χ0) is 27.6. The third-order valence-corrected chi connectivity index (χ3v) is 6.14. The molecule has 4 aromatic rings. The topological polar surface area (TPSA) is 96.3 Å². The Morgan fingerprint density at radius 1 is 1.13 bits per heavy atom. The minimum Gasteiger partial charge on any atom is -0.345 e. The fourth-order valence-corrected chi connectivity index (χ4v) is 4.37. The van der Waals surface area contributed by atoms with E-state index >= 15 is 0 Å². The lowest BCUT2D eigenvalue weighted by Gasteiger charge is -2.28. The monoisotopic (exact) mass is 525 g/mol. The highest BCUT2D eigenvalue weighted by Gasteiger charge is 2.28. The summed E-state index contributed by atoms with van der Waals surface area (Å²) in [6.45, 7) is 1.72. The molecule has 198 valence electrons. The van der Waals surface area contributed by atoms with Crippen LogP contribution < -0.4 is 15.1 Å². The summed E-state index contributed by atoms with van der Waals surface area (Å²) in [5.41, 5.74) is 5.75. The molecule has 0 aliphatic carbocycles. The molecule has 38 heavy (non-hydrogen) atoms. The van der Waals surface area contributed by atoms with Crippen LogP contribution in [0.1, 0.15) is 11.3 Å². The first-order valence-electron chi connectivity index (χ1n) is 11.6. The molecule has 1 aromatic carbocycles. The quantitative estimate of drug-likeness (QED) is 0.349. The molecule has 0 aliphatic heterocycles. The van der Waals surface area contributed by atoms with Gasteiger partial charge in [-0.15, -0.1) is 0 Å². The number of nitrogens with one attached hydrogen (secondary N) is 1. The number of amides is 2. The van der Waals surface area contributed by atoms with Crippen molar-refractivity contribution in [3.8, 4) is 11.3 Å². The molecule has 0 aliphatic rings. The van der Waals surface area contributed by atoms with E-state index < -0.39 is 25.2 Å². The summed E-state index contributed by atoms with van der Waals surface area (Å²) in [6.07, 6.45) is 1.05. The summed E-state index contributed by atoms with van der Waals surface area (Å²) in [7, 11) is 3.64. The van der Waals surface area contributed by atoms with Crippen molar-refractivity contribution in [2.24, 2.45) is 7.05 Å². The summed E-state index contributed by atoms with van der Waals surface area (Å²) in [6, 6.07) is 8.89. The number of para-hydroxylation sites is 1. The molecule has 2 amide bonds. The van der Waals surface area contributed by atoms with Crippen molar-refractivity contribution in [1.82, 2.24) is 25.1 Å². The minimum atomic E-state index is -4.55. The fourth-order valence-electron chi connectivity index (χ4n) is 4.37. The number of rotatable bonds is 8. The van der Waals surface area contributed by atoms with E-state index in [1.807, 2.05) is 39.1 Å². The molecular weight excluding hydrogens is 499 g/mol. The van der Waals surface area contributed by atoms with Crippen molar-refractivity contribution < 1.29 is 22.8 Å². The lowest BCUT2D eigenvalue weighted by Crippen LogP contribution is -2.41. The zero-order valence-electron chi connectivity index (χ0n) is 21.2. The van der Waals surface area contributed by atoms with E-state index in [4.69, 9.17) is 0 Å². The number of anilines is 3. The Kier molecular flexibility index (Phi) is 7.33. The van der Waals surface area contributed by atoms with Crippen molar-refractivity contribution in [3.63, 3.8) is 0 Å². The Bertz CT molecular complexity index is 1480. The Hall–Kier alpha value is -4.48. The number of carbonyl (C=O) groups excluding carboxylic acids is 2. The number of pyridine rings is 2. The van der Waals surface area contributed by atoms with Crippen LogP contribution in [0.3, 0.4) is 0 Å². The minimum absolute atomic E-state index is 0.369. The number of aryl methyl sites for hydroxylation is 3. The van der Waals surface area contributed by atoms with Crippen molar-refractivity contribution >= 4 is 40.3 Å². The average Bonchev–Trinajstić information content (AvgIpc) is 3.18. The summed E-state index contributed by atoms with van der Waals surface area (Å²) in [5.74, 6) is -0.927. The van der Waals surface area contributed by atoms with Gasteiger partial charge in [-0.3, -0.25) is 24.2 Å². The molecule has 0 spiro atoms. The zero-order valence-corrected chi connectivity index (χ0v) is 21.2. The molecule has 0 bridgehead atoms. The first-order valence-corrected chi connectivity index (χ1v) is 11.6. The number of halogens is 3. The van der Waals surface area contributed by atoms with E-state index in [9.17, 15) is 22.8 Å². The summed E-state index contributed by atoms with van der Waals surface area (Å²) in [5, 5.41) is 7.23. The van der Waals surface area contributed by atoms with Crippen molar-refractivity contribution in [3.05, 3.63) is 60.2 Å². The van der Waals surface area contributed by atoms with Crippen LogP contribution in [-0.4, -0.2) is 58.4 Å². The molecule has 0 radical (unpaired) electrons. The SMILES string of the molecule is Cc1cccc(N(C=O)CC(=O)NCC(F)(F)F)c1N(C)c1ccc(-c2cncc3c2c(C)nn3C)nc1. The molecule has 0 unspecified atom stereocenters. The molecule has 1 N–H and O–H groups in total. The number of hydrogen-bond donors (Lipinski definition) is 1. The van der Waals surface area contributed by atoms with Gasteiger partial charge in [0.05, 0.1) is 46.4 Å². The second kappa shape index (κ2) is 10.5. The number of aromatic nitrogens is 4. The van der Waals surface area contributed by atoms with Crippen LogP contribution in [-0.2, 0) is 16.6 Å². The van der Waals surface area contributed by atoms with Crippen molar-refractivity contribution in [2.45, 2.75) is 20.0 Å². The maximum absolute atomic E-state index is 12.5. The van der Waals surface area contributed by atoms with Crippen molar-refractivity contribution in [2.75, 3.05) is 29.9 Å². The number of benzene rings is 1. The van der Waals surface area contributed by atoms with Gasteiger partial charge < -0.3 is 15.1 Å². The first kappa shape index (κ1) is 26.6. The molecule has 0 saturated heterocycles. The van der Waals surface area contributed by atoms with E-state index in [-0.39, 0.29) is 0 Å². The van der Waals surface area contributed by atoms with Gasteiger partial charge in [0.2, 0.25) is 12.3 Å². The third-order valence-electron chi connectivity index (χ3n) is 6.14. The number of hydrogen-bond acceptors (Lipinski definition) is 6. The molecule has 0 saturated carbocycles. The Morgan fingerprint density at radius 3 is 2.55 bits per heavy atom. The van der Waals surface area contributed by atoms with Gasteiger partial charge in [0.1, 0.15) is 13.1 Å². The van der Waals surface area contributed by atoms with Gasteiger partial charge >= 0.3 is 6.18 Å².